The van der Waals surface area contributed by atoms with E-state index in [-0.39, 0.29) is 5.91 Å². The fourth-order valence-electron chi connectivity index (χ4n) is 1.71. The Bertz CT molecular complexity index is 430. The summed E-state index contributed by atoms with van der Waals surface area (Å²) in [6, 6.07) is 6.79. The highest BCUT2D eigenvalue weighted by Gasteiger charge is 2.22. The van der Waals surface area contributed by atoms with Crippen LogP contribution in [-0.4, -0.2) is 18.5 Å². The Morgan fingerprint density at radius 3 is 2.89 bits per heavy atom. The first-order valence-electron chi connectivity index (χ1n) is 6.40. The van der Waals surface area contributed by atoms with Crippen molar-refractivity contribution in [3.8, 4) is 0 Å². The van der Waals surface area contributed by atoms with Crippen LogP contribution in [0.4, 0.5) is 0 Å². The maximum absolute atomic E-state index is 11.4. The molecule has 0 saturated heterocycles. The Morgan fingerprint density at radius 1 is 1.44 bits per heavy atom. The lowest BCUT2D eigenvalue weighted by atomic mass is 10.1. The molecule has 0 unspecified atom stereocenters. The minimum absolute atomic E-state index is 0.162. The molecule has 0 heterocycles. The summed E-state index contributed by atoms with van der Waals surface area (Å²) in [6.07, 6.45) is 2.86. The fourth-order valence-corrected chi connectivity index (χ4v) is 2.13. The Hall–Kier alpha value is -0.870. The first kappa shape index (κ1) is 13.6. The van der Waals surface area contributed by atoms with Crippen LogP contribution in [0, 0.1) is 6.92 Å². The summed E-state index contributed by atoms with van der Waals surface area (Å²) in [6.45, 7) is 3.60. The van der Waals surface area contributed by atoms with Crippen molar-refractivity contribution >= 4 is 21.8 Å². The lowest BCUT2D eigenvalue weighted by Gasteiger charge is -2.07. The summed E-state index contributed by atoms with van der Waals surface area (Å²) in [7, 11) is 0. The normalized spacial score (nSPS) is 14.6. The highest BCUT2D eigenvalue weighted by atomic mass is 79.9. The predicted octanol–water partition coefficient (Wildman–Crippen LogP) is 2.52. The maximum atomic E-state index is 11.4. The Labute approximate surface area is 116 Å². The molecule has 1 aromatic rings. The van der Waals surface area contributed by atoms with E-state index in [1.165, 1.54) is 11.1 Å². The summed E-state index contributed by atoms with van der Waals surface area (Å²) in [5.41, 5.74) is 2.47. The summed E-state index contributed by atoms with van der Waals surface area (Å²) in [5, 5.41) is 6.27. The highest BCUT2D eigenvalue weighted by Crippen LogP contribution is 2.18. The number of aryl methyl sites for hydroxylation is 1. The van der Waals surface area contributed by atoms with Gasteiger partial charge in [0, 0.05) is 30.0 Å². The van der Waals surface area contributed by atoms with E-state index in [1.807, 2.05) is 0 Å². The smallest absolute Gasteiger partial charge is 0.221 e. The summed E-state index contributed by atoms with van der Waals surface area (Å²) < 4.78 is 1.13. The number of carbonyl (C=O) groups excluding carboxylic acids is 1. The van der Waals surface area contributed by atoms with Gasteiger partial charge >= 0.3 is 0 Å². The largest absolute Gasteiger partial charge is 0.353 e. The van der Waals surface area contributed by atoms with Crippen LogP contribution in [0.3, 0.4) is 0 Å². The molecule has 1 aliphatic carbocycles. The predicted molar refractivity (Wildman–Crippen MR) is 76.4 cm³/mol. The zero-order chi connectivity index (χ0) is 13.0. The maximum Gasteiger partial charge on any atom is 0.221 e. The molecule has 0 bridgehead atoms. The molecule has 0 aliphatic heterocycles. The van der Waals surface area contributed by atoms with Gasteiger partial charge in [-0.15, -0.1) is 0 Å². The van der Waals surface area contributed by atoms with Crippen molar-refractivity contribution in [3.63, 3.8) is 0 Å². The molecule has 0 aromatic heterocycles. The lowest BCUT2D eigenvalue weighted by molar-refractivity contribution is -0.121. The van der Waals surface area contributed by atoms with Gasteiger partial charge in [-0.2, -0.15) is 0 Å². The van der Waals surface area contributed by atoms with Crippen molar-refractivity contribution in [2.24, 2.45) is 0 Å². The number of hydrogen-bond donors (Lipinski definition) is 2. The Balaban J connectivity index is 1.64. The second kappa shape index (κ2) is 6.34. The van der Waals surface area contributed by atoms with Gasteiger partial charge in [-0.3, -0.25) is 4.79 Å². The molecule has 0 radical (unpaired) electrons. The minimum atomic E-state index is 0.162. The Kier molecular flexibility index (Phi) is 4.78. The molecule has 98 valence electrons. The average Bonchev–Trinajstić information content (AvgIpc) is 3.13. The molecule has 1 aromatic carbocycles. The molecular formula is C14H19BrN2O. The van der Waals surface area contributed by atoms with Crippen LogP contribution < -0.4 is 10.6 Å². The second-order valence-electron chi connectivity index (χ2n) is 4.85. The molecule has 3 nitrogen and oxygen atoms in total. The van der Waals surface area contributed by atoms with E-state index < -0.39 is 0 Å². The van der Waals surface area contributed by atoms with Gasteiger partial charge in [0.05, 0.1) is 0 Å². The van der Waals surface area contributed by atoms with Crippen molar-refractivity contribution < 1.29 is 4.79 Å². The molecule has 0 atom stereocenters. The van der Waals surface area contributed by atoms with Gasteiger partial charge in [-0.05, 0) is 37.0 Å². The molecule has 0 spiro atoms. The third-order valence-corrected chi connectivity index (χ3v) is 3.89. The van der Waals surface area contributed by atoms with Gasteiger partial charge in [0.25, 0.3) is 0 Å². The topological polar surface area (TPSA) is 41.1 Å². The third-order valence-electron chi connectivity index (χ3n) is 3.04. The number of benzene rings is 1. The van der Waals surface area contributed by atoms with Gasteiger partial charge in [0.15, 0.2) is 0 Å². The summed E-state index contributed by atoms with van der Waals surface area (Å²) in [5.74, 6) is 0.162. The molecule has 2 N–H and O–H groups in total. The molecule has 1 amide bonds. The number of nitrogens with one attached hydrogen (secondary N) is 2. The van der Waals surface area contributed by atoms with Crippen molar-refractivity contribution in [2.45, 2.75) is 38.8 Å². The van der Waals surface area contributed by atoms with Crippen LogP contribution >= 0.6 is 15.9 Å². The van der Waals surface area contributed by atoms with E-state index in [9.17, 15) is 4.79 Å². The molecule has 4 heteroatoms. The van der Waals surface area contributed by atoms with Crippen LogP contribution in [0.5, 0.6) is 0 Å². The van der Waals surface area contributed by atoms with Crippen molar-refractivity contribution in [1.82, 2.24) is 10.6 Å². The van der Waals surface area contributed by atoms with E-state index in [4.69, 9.17) is 0 Å². The van der Waals surface area contributed by atoms with Gasteiger partial charge < -0.3 is 10.6 Å². The van der Waals surface area contributed by atoms with E-state index in [2.05, 4.69) is 51.7 Å². The quantitative estimate of drug-likeness (QED) is 0.793. The SMILES string of the molecule is Cc1ccc(CNCCC(=O)NC2CC2)cc1Br. The zero-order valence-corrected chi connectivity index (χ0v) is 12.2. The van der Waals surface area contributed by atoms with Crippen LogP contribution in [0.15, 0.2) is 22.7 Å². The van der Waals surface area contributed by atoms with Crippen molar-refractivity contribution in [3.05, 3.63) is 33.8 Å². The van der Waals surface area contributed by atoms with Crippen LogP contribution in [0.25, 0.3) is 0 Å². The van der Waals surface area contributed by atoms with E-state index in [1.54, 1.807) is 0 Å². The minimum Gasteiger partial charge on any atom is -0.353 e. The number of amides is 1. The van der Waals surface area contributed by atoms with Crippen LogP contribution in [-0.2, 0) is 11.3 Å². The molecule has 18 heavy (non-hydrogen) atoms. The summed E-state index contributed by atoms with van der Waals surface area (Å²) in [4.78, 5) is 11.4. The molecule has 1 aliphatic rings. The van der Waals surface area contributed by atoms with Crippen molar-refractivity contribution in [2.75, 3.05) is 6.54 Å². The molecular weight excluding hydrogens is 292 g/mol. The lowest BCUT2D eigenvalue weighted by Crippen LogP contribution is -2.28. The first-order chi connectivity index (χ1) is 8.65. The van der Waals surface area contributed by atoms with Gasteiger partial charge in [-0.25, -0.2) is 0 Å². The van der Waals surface area contributed by atoms with Crippen LogP contribution in [0.2, 0.25) is 0 Å². The number of hydrogen-bond acceptors (Lipinski definition) is 2. The average molecular weight is 311 g/mol. The molecule has 1 fully saturated rings. The Morgan fingerprint density at radius 2 is 2.22 bits per heavy atom. The number of carbonyl (C=O) groups is 1. The fraction of sp³-hybridized carbons (Fsp3) is 0.500. The van der Waals surface area contributed by atoms with Gasteiger partial charge in [-0.1, -0.05) is 28.1 Å². The highest BCUT2D eigenvalue weighted by molar-refractivity contribution is 9.10. The molecule has 1 saturated carbocycles. The van der Waals surface area contributed by atoms with Gasteiger partial charge in [0.2, 0.25) is 5.91 Å². The standard InChI is InChI=1S/C14H19BrN2O/c1-10-2-3-11(8-13(10)15)9-16-7-6-14(18)17-12-4-5-12/h2-3,8,12,16H,4-7,9H2,1H3,(H,17,18). The zero-order valence-electron chi connectivity index (χ0n) is 10.6. The third kappa shape index (κ3) is 4.42. The van der Waals surface area contributed by atoms with E-state index in [0.717, 1.165) is 30.4 Å². The summed E-state index contributed by atoms with van der Waals surface area (Å²) >= 11 is 3.52. The monoisotopic (exact) mass is 310 g/mol. The number of halogens is 1. The van der Waals surface area contributed by atoms with Crippen LogP contribution in [0.1, 0.15) is 30.4 Å². The number of rotatable bonds is 6. The first-order valence-corrected chi connectivity index (χ1v) is 7.19. The van der Waals surface area contributed by atoms with Crippen molar-refractivity contribution in [1.29, 1.82) is 0 Å². The molecule has 2 rings (SSSR count). The van der Waals surface area contributed by atoms with Gasteiger partial charge in [0.1, 0.15) is 0 Å². The van der Waals surface area contributed by atoms with E-state index >= 15 is 0 Å². The second-order valence-corrected chi connectivity index (χ2v) is 5.71. The van der Waals surface area contributed by atoms with E-state index in [0.29, 0.717) is 12.5 Å².